The minimum atomic E-state index is -1.72. The van der Waals surface area contributed by atoms with Crippen LogP contribution in [0.2, 0.25) is 0 Å². The van der Waals surface area contributed by atoms with Gasteiger partial charge in [-0.3, -0.25) is 0 Å². The summed E-state index contributed by atoms with van der Waals surface area (Å²) in [7, 11) is 1.25. The van der Waals surface area contributed by atoms with Crippen molar-refractivity contribution in [2.75, 3.05) is 20.4 Å². The Kier molecular flexibility index (Phi) is 6.54. The summed E-state index contributed by atoms with van der Waals surface area (Å²) in [5.41, 5.74) is 1.15. The first-order chi connectivity index (χ1) is 11.6. The molecule has 0 aromatic heterocycles. The molecule has 0 amide bonds. The number of rotatable bonds is 8. The topological polar surface area (TPSA) is 44.8 Å². The van der Waals surface area contributed by atoms with Gasteiger partial charge in [0, 0.05) is 6.07 Å². The molecule has 6 heteroatoms. The molecule has 0 aliphatic rings. The maximum Gasteiger partial charge on any atom is 0.338 e. The van der Waals surface area contributed by atoms with Gasteiger partial charge in [-0.15, -0.1) is 0 Å². The van der Waals surface area contributed by atoms with Crippen LogP contribution in [0.1, 0.15) is 15.9 Å². The number of methoxy groups -OCH3 is 1. The third kappa shape index (κ3) is 5.22. The van der Waals surface area contributed by atoms with Crippen LogP contribution in [-0.4, -0.2) is 32.5 Å². The van der Waals surface area contributed by atoms with Crippen molar-refractivity contribution in [1.82, 2.24) is 0 Å². The normalized spacial score (nSPS) is 11.6. The van der Waals surface area contributed by atoms with E-state index in [2.05, 4.69) is 4.74 Å². The number of carbonyl (C=O) groups excluding carboxylic acids is 1. The molecule has 0 bridgehead atoms. The summed E-state index contributed by atoms with van der Waals surface area (Å²) in [5, 5.41) is 0. The molecule has 2 aromatic carbocycles. The maximum atomic E-state index is 13.0. The first kappa shape index (κ1) is 17.7. The van der Waals surface area contributed by atoms with Crippen molar-refractivity contribution in [1.29, 1.82) is 0 Å². The van der Waals surface area contributed by atoms with Gasteiger partial charge in [-0.25, -0.2) is 13.6 Å². The van der Waals surface area contributed by atoms with Crippen LogP contribution in [-0.2, 0) is 11.3 Å². The lowest BCUT2D eigenvalue weighted by molar-refractivity contribution is 0.0599. The van der Waals surface area contributed by atoms with Gasteiger partial charge in [-0.05, 0) is 17.7 Å². The van der Waals surface area contributed by atoms with E-state index in [1.165, 1.54) is 25.3 Å². The second kappa shape index (κ2) is 8.86. The van der Waals surface area contributed by atoms with Crippen LogP contribution >= 0.6 is 0 Å². The van der Waals surface area contributed by atoms with Crippen LogP contribution in [0.4, 0.5) is 8.78 Å². The molecule has 0 saturated carbocycles. The van der Waals surface area contributed by atoms with Gasteiger partial charge in [0.15, 0.2) is 6.17 Å². The zero-order chi connectivity index (χ0) is 17.4. The van der Waals surface area contributed by atoms with Crippen molar-refractivity contribution >= 4 is 5.97 Å². The molecule has 128 valence electrons. The SMILES string of the molecule is COC(=O)c1cc(OCc2ccccc2)cc(OCC(F)CF)c1. The second-order valence-corrected chi connectivity index (χ2v) is 5.02. The molecule has 1 unspecified atom stereocenters. The summed E-state index contributed by atoms with van der Waals surface area (Å²) in [6.07, 6.45) is -1.72. The molecule has 0 N–H and O–H groups in total. The molecule has 0 spiro atoms. The molecule has 0 fully saturated rings. The van der Waals surface area contributed by atoms with E-state index in [1.54, 1.807) is 0 Å². The van der Waals surface area contributed by atoms with E-state index >= 15 is 0 Å². The van der Waals surface area contributed by atoms with E-state index < -0.39 is 25.4 Å². The molecule has 0 radical (unpaired) electrons. The second-order valence-electron chi connectivity index (χ2n) is 5.02. The molecular formula is C18H18F2O4. The fraction of sp³-hybridized carbons (Fsp3) is 0.278. The summed E-state index contributed by atoms with van der Waals surface area (Å²) >= 11 is 0. The largest absolute Gasteiger partial charge is 0.490 e. The van der Waals surface area contributed by atoms with Gasteiger partial charge < -0.3 is 14.2 Å². The molecule has 4 nitrogen and oxygen atoms in total. The third-order valence-electron chi connectivity index (χ3n) is 3.15. The number of ether oxygens (including phenoxy) is 3. The molecule has 0 aliphatic carbocycles. The fourth-order valence-electron chi connectivity index (χ4n) is 1.95. The molecule has 0 heterocycles. The standard InChI is InChI=1S/C18H18F2O4/c1-22-18(21)14-7-16(23-11-13-5-3-2-4-6-13)9-17(8-14)24-12-15(20)10-19/h2-9,15H,10-12H2,1H3. The van der Waals surface area contributed by atoms with Crippen LogP contribution < -0.4 is 9.47 Å². The average molecular weight is 336 g/mol. The Morgan fingerprint density at radius 3 is 2.38 bits per heavy atom. The van der Waals surface area contributed by atoms with Crippen molar-refractivity contribution in [2.45, 2.75) is 12.8 Å². The van der Waals surface area contributed by atoms with Gasteiger partial charge in [0.25, 0.3) is 0 Å². The van der Waals surface area contributed by atoms with E-state index in [0.717, 1.165) is 5.56 Å². The van der Waals surface area contributed by atoms with Gasteiger partial charge in [0.05, 0.1) is 12.7 Å². The number of benzene rings is 2. The highest BCUT2D eigenvalue weighted by Crippen LogP contribution is 2.25. The van der Waals surface area contributed by atoms with Crippen LogP contribution in [0.3, 0.4) is 0 Å². The van der Waals surface area contributed by atoms with E-state index in [9.17, 15) is 13.6 Å². The smallest absolute Gasteiger partial charge is 0.338 e. The zero-order valence-electron chi connectivity index (χ0n) is 13.2. The first-order valence-corrected chi connectivity index (χ1v) is 7.35. The van der Waals surface area contributed by atoms with Gasteiger partial charge >= 0.3 is 5.97 Å². The Morgan fingerprint density at radius 2 is 1.75 bits per heavy atom. The third-order valence-corrected chi connectivity index (χ3v) is 3.15. The predicted octanol–water partition coefficient (Wildman–Crippen LogP) is 3.74. The van der Waals surface area contributed by atoms with Crippen molar-refractivity contribution in [2.24, 2.45) is 0 Å². The summed E-state index contributed by atoms with van der Waals surface area (Å²) < 4.78 is 40.7. The highest BCUT2D eigenvalue weighted by Gasteiger charge is 2.13. The maximum absolute atomic E-state index is 13.0. The van der Waals surface area contributed by atoms with Crippen LogP contribution in [0.25, 0.3) is 0 Å². The number of esters is 1. The van der Waals surface area contributed by atoms with Crippen molar-refractivity contribution in [3.8, 4) is 11.5 Å². The van der Waals surface area contributed by atoms with Crippen LogP contribution in [0.5, 0.6) is 11.5 Å². The minimum Gasteiger partial charge on any atom is -0.490 e. The summed E-state index contributed by atoms with van der Waals surface area (Å²) in [6.45, 7) is -1.28. The number of hydrogen-bond donors (Lipinski definition) is 0. The van der Waals surface area contributed by atoms with Gasteiger partial charge in [0.1, 0.15) is 31.4 Å². The summed E-state index contributed by atoms with van der Waals surface area (Å²) in [5.74, 6) is -0.00299. The Bertz CT molecular complexity index is 661. The summed E-state index contributed by atoms with van der Waals surface area (Å²) in [6, 6.07) is 13.9. The lowest BCUT2D eigenvalue weighted by Crippen LogP contribution is -2.15. The number of carbonyl (C=O) groups is 1. The monoisotopic (exact) mass is 336 g/mol. The van der Waals surface area contributed by atoms with E-state index in [1.807, 2.05) is 30.3 Å². The quantitative estimate of drug-likeness (QED) is 0.689. The van der Waals surface area contributed by atoms with Crippen LogP contribution in [0, 0.1) is 0 Å². The Hall–Kier alpha value is -2.63. The predicted molar refractivity (Wildman–Crippen MR) is 84.9 cm³/mol. The zero-order valence-corrected chi connectivity index (χ0v) is 13.2. The van der Waals surface area contributed by atoms with Gasteiger partial charge in [-0.1, -0.05) is 30.3 Å². The van der Waals surface area contributed by atoms with Crippen molar-refractivity contribution in [3.63, 3.8) is 0 Å². The molecule has 2 aromatic rings. The minimum absolute atomic E-state index is 0.203. The highest BCUT2D eigenvalue weighted by molar-refractivity contribution is 5.90. The molecule has 24 heavy (non-hydrogen) atoms. The van der Waals surface area contributed by atoms with Crippen molar-refractivity contribution < 1.29 is 27.8 Å². The number of hydrogen-bond acceptors (Lipinski definition) is 4. The van der Waals surface area contributed by atoms with E-state index in [4.69, 9.17) is 9.47 Å². The molecule has 0 aliphatic heterocycles. The van der Waals surface area contributed by atoms with Crippen molar-refractivity contribution in [3.05, 3.63) is 59.7 Å². The number of halogens is 2. The summed E-state index contributed by atoms with van der Waals surface area (Å²) in [4.78, 5) is 11.7. The number of alkyl halides is 2. The first-order valence-electron chi connectivity index (χ1n) is 7.35. The highest BCUT2D eigenvalue weighted by atomic mass is 19.2. The van der Waals surface area contributed by atoms with Gasteiger partial charge in [-0.2, -0.15) is 0 Å². The molecule has 1 atom stereocenters. The molecule has 0 saturated heterocycles. The average Bonchev–Trinajstić information content (AvgIpc) is 2.64. The van der Waals surface area contributed by atoms with Gasteiger partial charge in [0.2, 0.25) is 0 Å². The Labute approximate surface area is 139 Å². The fourth-order valence-corrected chi connectivity index (χ4v) is 1.95. The molecule has 2 rings (SSSR count). The van der Waals surface area contributed by atoms with E-state index in [0.29, 0.717) is 12.4 Å². The Balaban J connectivity index is 2.14. The van der Waals surface area contributed by atoms with E-state index in [-0.39, 0.29) is 11.3 Å². The lowest BCUT2D eigenvalue weighted by atomic mass is 10.2. The molecular weight excluding hydrogens is 318 g/mol. The Morgan fingerprint density at radius 1 is 1.08 bits per heavy atom. The van der Waals surface area contributed by atoms with Crippen LogP contribution in [0.15, 0.2) is 48.5 Å². The lowest BCUT2D eigenvalue weighted by Gasteiger charge is -2.12.